The molecule has 29 heavy (non-hydrogen) atoms. The molecule has 0 aromatic carbocycles. The predicted molar refractivity (Wildman–Crippen MR) is 113 cm³/mol. The summed E-state index contributed by atoms with van der Waals surface area (Å²) in [5.74, 6) is 0.966. The second-order valence-electron chi connectivity index (χ2n) is 9.42. The smallest absolute Gasteiger partial charge is 0.410 e. The maximum absolute atomic E-state index is 12.5. The third-order valence-electron chi connectivity index (χ3n) is 5.07. The standard InChI is InChI=1S/C20H34N4O4S/c1-19(2,3)28-18(25)24-14-15(13-20(24,4)5)9-8-12-23(6)16-10-7-11-17(22-16)29(21,26)27/h7,10-11,15H,8-9,12-14H2,1-6H3,(H2,21,26,27)/t15-/m0/s1. The number of amides is 1. The molecule has 1 aliphatic heterocycles. The monoisotopic (exact) mass is 426 g/mol. The number of aromatic nitrogens is 1. The highest BCUT2D eigenvalue weighted by Crippen LogP contribution is 2.36. The molecule has 9 heteroatoms. The van der Waals surface area contributed by atoms with Crippen LogP contribution in [0.15, 0.2) is 23.2 Å². The van der Waals surface area contributed by atoms with Gasteiger partial charge in [0.2, 0.25) is 0 Å². The van der Waals surface area contributed by atoms with Gasteiger partial charge in [-0.15, -0.1) is 0 Å². The minimum Gasteiger partial charge on any atom is -0.444 e. The van der Waals surface area contributed by atoms with E-state index < -0.39 is 15.6 Å². The predicted octanol–water partition coefficient (Wildman–Crippen LogP) is 2.98. The fraction of sp³-hybridized carbons (Fsp3) is 0.700. The van der Waals surface area contributed by atoms with Crippen LogP contribution in [0.25, 0.3) is 0 Å². The summed E-state index contributed by atoms with van der Waals surface area (Å²) in [6.45, 7) is 11.2. The van der Waals surface area contributed by atoms with E-state index in [1.54, 1.807) is 12.1 Å². The molecule has 2 heterocycles. The minimum absolute atomic E-state index is 0.132. The van der Waals surface area contributed by atoms with Crippen molar-refractivity contribution in [3.63, 3.8) is 0 Å². The Morgan fingerprint density at radius 3 is 2.62 bits per heavy atom. The lowest BCUT2D eigenvalue weighted by molar-refractivity contribution is 0.0131. The minimum atomic E-state index is -3.82. The fourth-order valence-electron chi connectivity index (χ4n) is 3.73. The number of sulfonamides is 1. The number of primary sulfonamides is 1. The number of anilines is 1. The summed E-state index contributed by atoms with van der Waals surface area (Å²) in [4.78, 5) is 20.4. The van der Waals surface area contributed by atoms with Gasteiger partial charge in [0.1, 0.15) is 11.4 Å². The van der Waals surface area contributed by atoms with Crippen molar-refractivity contribution >= 4 is 21.9 Å². The number of hydrogen-bond acceptors (Lipinski definition) is 6. The van der Waals surface area contributed by atoms with Crippen LogP contribution in [0.3, 0.4) is 0 Å². The highest BCUT2D eigenvalue weighted by molar-refractivity contribution is 7.89. The number of pyridine rings is 1. The van der Waals surface area contributed by atoms with Crippen LogP contribution in [0.1, 0.15) is 53.9 Å². The normalized spacial score (nSPS) is 19.3. The van der Waals surface area contributed by atoms with E-state index in [1.807, 2.05) is 37.6 Å². The average molecular weight is 427 g/mol. The number of carbonyl (C=O) groups excluding carboxylic acids is 1. The maximum atomic E-state index is 12.5. The van der Waals surface area contributed by atoms with Crippen LogP contribution in [0.4, 0.5) is 10.6 Å². The van der Waals surface area contributed by atoms with Gasteiger partial charge in [-0.05, 0) is 71.9 Å². The molecule has 0 spiro atoms. The number of likely N-dealkylation sites (tertiary alicyclic amines) is 1. The summed E-state index contributed by atoms with van der Waals surface area (Å²) >= 11 is 0. The largest absolute Gasteiger partial charge is 0.444 e. The summed E-state index contributed by atoms with van der Waals surface area (Å²) in [7, 11) is -1.94. The Labute approximate surface area is 174 Å². The van der Waals surface area contributed by atoms with Crippen molar-refractivity contribution in [1.82, 2.24) is 9.88 Å². The van der Waals surface area contributed by atoms with Gasteiger partial charge in [0, 0.05) is 25.7 Å². The van der Waals surface area contributed by atoms with Gasteiger partial charge in [-0.3, -0.25) is 0 Å². The summed E-state index contributed by atoms with van der Waals surface area (Å²) in [6, 6.07) is 4.78. The molecule has 164 valence electrons. The van der Waals surface area contributed by atoms with E-state index in [4.69, 9.17) is 9.88 Å². The lowest BCUT2D eigenvalue weighted by Gasteiger charge is -2.33. The topological polar surface area (TPSA) is 106 Å². The molecular formula is C20H34N4O4S. The molecular weight excluding hydrogens is 392 g/mol. The Bertz CT molecular complexity index is 833. The third kappa shape index (κ3) is 6.57. The molecule has 2 N–H and O–H groups in total. The first-order valence-corrected chi connectivity index (χ1v) is 11.5. The van der Waals surface area contributed by atoms with E-state index in [2.05, 4.69) is 18.8 Å². The van der Waals surface area contributed by atoms with Crippen molar-refractivity contribution in [1.29, 1.82) is 0 Å². The molecule has 0 unspecified atom stereocenters. The van der Waals surface area contributed by atoms with E-state index in [1.165, 1.54) is 6.07 Å². The van der Waals surface area contributed by atoms with E-state index in [0.717, 1.165) is 25.8 Å². The summed E-state index contributed by atoms with van der Waals surface area (Å²) in [6.07, 6.45) is 2.53. The van der Waals surface area contributed by atoms with Crippen LogP contribution < -0.4 is 10.0 Å². The number of nitrogens with zero attached hydrogens (tertiary/aromatic N) is 3. The highest BCUT2D eigenvalue weighted by atomic mass is 32.2. The zero-order valence-corrected chi connectivity index (χ0v) is 19.1. The van der Waals surface area contributed by atoms with Gasteiger partial charge in [0.15, 0.2) is 5.03 Å². The Kier molecular flexibility index (Phi) is 6.84. The number of ether oxygens (including phenoxy) is 1. The number of nitrogens with two attached hydrogens (primary N) is 1. The maximum Gasteiger partial charge on any atom is 0.410 e. The van der Waals surface area contributed by atoms with Gasteiger partial charge in [-0.25, -0.2) is 23.3 Å². The van der Waals surface area contributed by atoms with E-state index in [9.17, 15) is 13.2 Å². The van der Waals surface area contributed by atoms with E-state index >= 15 is 0 Å². The second kappa shape index (κ2) is 8.47. The number of carbonyl (C=O) groups is 1. The fourth-order valence-corrected chi connectivity index (χ4v) is 4.21. The van der Waals surface area contributed by atoms with Crippen molar-refractivity contribution in [2.24, 2.45) is 11.1 Å². The molecule has 0 bridgehead atoms. The summed E-state index contributed by atoms with van der Waals surface area (Å²) in [5, 5.41) is 5.03. The molecule has 1 amide bonds. The van der Waals surface area contributed by atoms with Gasteiger partial charge in [-0.1, -0.05) is 6.07 Å². The van der Waals surface area contributed by atoms with Crippen LogP contribution in [0, 0.1) is 5.92 Å². The van der Waals surface area contributed by atoms with E-state index in [0.29, 0.717) is 18.3 Å². The quantitative estimate of drug-likeness (QED) is 0.749. The van der Waals surface area contributed by atoms with Crippen LogP contribution in [0.5, 0.6) is 0 Å². The third-order valence-corrected chi connectivity index (χ3v) is 5.88. The molecule has 0 saturated carbocycles. The van der Waals surface area contributed by atoms with Crippen molar-refractivity contribution in [3.8, 4) is 0 Å². The van der Waals surface area contributed by atoms with Crippen LogP contribution in [-0.4, -0.2) is 55.7 Å². The molecule has 1 aromatic rings. The number of hydrogen-bond donors (Lipinski definition) is 1. The zero-order chi connectivity index (χ0) is 22.0. The first-order valence-electron chi connectivity index (χ1n) is 9.91. The molecule has 1 atom stereocenters. The van der Waals surface area contributed by atoms with Gasteiger partial charge < -0.3 is 14.5 Å². The molecule has 0 aliphatic carbocycles. The van der Waals surface area contributed by atoms with Gasteiger partial charge in [-0.2, -0.15) is 0 Å². The Balaban J connectivity index is 1.90. The van der Waals surface area contributed by atoms with E-state index in [-0.39, 0.29) is 16.7 Å². The first-order chi connectivity index (χ1) is 13.2. The zero-order valence-electron chi connectivity index (χ0n) is 18.3. The van der Waals surface area contributed by atoms with Gasteiger partial charge in [0.05, 0.1) is 0 Å². The summed E-state index contributed by atoms with van der Waals surface area (Å²) in [5.41, 5.74) is -0.739. The second-order valence-corrected chi connectivity index (χ2v) is 10.9. The SMILES string of the molecule is CN(CCC[C@@H]1CN(C(=O)OC(C)(C)C)C(C)(C)C1)c1cccc(S(N)(=O)=O)n1. The molecule has 8 nitrogen and oxygen atoms in total. The molecule has 1 saturated heterocycles. The highest BCUT2D eigenvalue weighted by Gasteiger charge is 2.42. The van der Waals surface area contributed by atoms with Crippen LogP contribution >= 0.6 is 0 Å². The molecule has 0 radical (unpaired) electrons. The van der Waals surface area contributed by atoms with Crippen molar-refractivity contribution in [2.75, 3.05) is 25.0 Å². The van der Waals surface area contributed by atoms with Crippen molar-refractivity contribution in [2.45, 2.75) is 70.0 Å². The van der Waals surface area contributed by atoms with Crippen LogP contribution in [-0.2, 0) is 14.8 Å². The molecule has 1 fully saturated rings. The lowest BCUT2D eigenvalue weighted by Crippen LogP contribution is -2.45. The van der Waals surface area contributed by atoms with Gasteiger partial charge >= 0.3 is 6.09 Å². The number of rotatable bonds is 6. The molecule has 1 aliphatic rings. The summed E-state index contributed by atoms with van der Waals surface area (Å²) < 4.78 is 28.5. The Morgan fingerprint density at radius 2 is 2.03 bits per heavy atom. The van der Waals surface area contributed by atoms with Crippen molar-refractivity contribution in [3.05, 3.63) is 18.2 Å². The lowest BCUT2D eigenvalue weighted by atomic mass is 9.93. The Morgan fingerprint density at radius 1 is 1.38 bits per heavy atom. The van der Waals surface area contributed by atoms with Crippen molar-refractivity contribution < 1.29 is 17.9 Å². The average Bonchev–Trinajstić information content (AvgIpc) is 2.87. The molecule has 2 rings (SSSR count). The Hall–Kier alpha value is -1.87. The van der Waals surface area contributed by atoms with Crippen LogP contribution in [0.2, 0.25) is 0 Å². The molecule has 1 aromatic heterocycles. The van der Waals surface area contributed by atoms with Gasteiger partial charge in [0.25, 0.3) is 10.0 Å². The first kappa shape index (κ1) is 23.4.